The Morgan fingerprint density at radius 3 is 2.88 bits per heavy atom. The van der Waals surface area contributed by atoms with E-state index in [4.69, 9.17) is 9.84 Å². The molecule has 120 valence electrons. The second kappa shape index (κ2) is 5.98. The number of ether oxygens (including phenoxy) is 1. The number of aliphatic hydroxyl groups excluding tert-OH is 1. The smallest absolute Gasteiger partial charge is 0.411 e. The Morgan fingerprint density at radius 1 is 1.17 bits per heavy atom. The number of hydrogen-bond acceptors (Lipinski definition) is 3. The van der Waals surface area contributed by atoms with Crippen LogP contribution in [0.25, 0.3) is 29.0 Å². The van der Waals surface area contributed by atoms with Crippen molar-refractivity contribution < 1.29 is 14.6 Å². The van der Waals surface area contributed by atoms with Gasteiger partial charge in [0.2, 0.25) is 0 Å². The van der Waals surface area contributed by atoms with Crippen LogP contribution in [-0.4, -0.2) is 24.4 Å². The number of fused-ring (bicyclic) bond motifs is 5. The second-order valence-electron chi connectivity index (χ2n) is 5.82. The van der Waals surface area contributed by atoms with Gasteiger partial charge in [0.1, 0.15) is 5.76 Å². The number of alkyl carbamates (subject to hydrolysis) is 1. The van der Waals surface area contributed by atoms with Crippen LogP contribution >= 0.6 is 0 Å². The summed E-state index contributed by atoms with van der Waals surface area (Å²) in [5, 5.41) is 16.0. The highest BCUT2D eigenvalue weighted by molar-refractivity contribution is 5.96. The van der Waals surface area contributed by atoms with E-state index in [1.165, 1.54) is 27.1 Å². The van der Waals surface area contributed by atoms with Crippen LogP contribution in [0.1, 0.15) is 11.1 Å². The molecule has 0 saturated heterocycles. The van der Waals surface area contributed by atoms with Gasteiger partial charge in [-0.2, -0.15) is 0 Å². The van der Waals surface area contributed by atoms with Gasteiger partial charge in [-0.05, 0) is 50.9 Å². The van der Waals surface area contributed by atoms with Crippen molar-refractivity contribution in [1.82, 2.24) is 5.32 Å². The summed E-state index contributed by atoms with van der Waals surface area (Å²) in [6.45, 7) is 0.0753. The number of carbonyl (C=O) groups is 1. The fraction of sp³-hybridized carbons (Fsp3) is 0.150. The van der Waals surface area contributed by atoms with Gasteiger partial charge in [-0.25, -0.2) is 4.79 Å². The lowest BCUT2D eigenvalue weighted by atomic mass is 9.94. The van der Waals surface area contributed by atoms with Crippen molar-refractivity contribution in [1.29, 1.82) is 0 Å². The van der Waals surface area contributed by atoms with E-state index >= 15 is 0 Å². The average molecular weight is 319 g/mol. The Balaban J connectivity index is 1.70. The molecule has 0 atom stereocenters. The molecule has 0 aliphatic heterocycles. The molecule has 0 saturated carbocycles. The standard InChI is InChI=1S/C20H17NO3/c22-11-10-21-20(23)24-15-6-9-17-14(12-15)5-8-18-16-3-1-2-13(16)4-7-19(17)18/h1-8,12,22H,9-11H2,(H,21,23). The normalized spacial score (nSPS) is 14.3. The van der Waals surface area contributed by atoms with E-state index in [2.05, 4.69) is 47.8 Å². The monoisotopic (exact) mass is 319 g/mol. The minimum absolute atomic E-state index is 0.108. The first-order valence-corrected chi connectivity index (χ1v) is 7.98. The maximum atomic E-state index is 11.6. The first-order valence-electron chi connectivity index (χ1n) is 7.98. The number of carbonyl (C=O) groups excluding carboxylic acids is 1. The van der Waals surface area contributed by atoms with Gasteiger partial charge in [0.15, 0.2) is 0 Å². The molecule has 0 aromatic heterocycles. The van der Waals surface area contributed by atoms with Crippen LogP contribution in [0.5, 0.6) is 0 Å². The van der Waals surface area contributed by atoms with Crippen LogP contribution in [0.2, 0.25) is 0 Å². The highest BCUT2D eigenvalue weighted by atomic mass is 16.6. The molecule has 0 fully saturated rings. The molecule has 0 radical (unpaired) electrons. The maximum absolute atomic E-state index is 11.6. The third-order valence-electron chi connectivity index (χ3n) is 4.36. The zero-order valence-corrected chi connectivity index (χ0v) is 13.1. The van der Waals surface area contributed by atoms with Gasteiger partial charge < -0.3 is 15.2 Å². The van der Waals surface area contributed by atoms with Crippen molar-refractivity contribution in [2.45, 2.75) is 6.42 Å². The minimum Gasteiger partial charge on any atom is -0.411 e. The van der Waals surface area contributed by atoms with E-state index in [0.717, 1.165) is 11.6 Å². The van der Waals surface area contributed by atoms with Crippen molar-refractivity contribution >= 4 is 35.1 Å². The Morgan fingerprint density at radius 2 is 2.00 bits per heavy atom. The van der Waals surface area contributed by atoms with E-state index in [-0.39, 0.29) is 13.2 Å². The highest BCUT2D eigenvalue weighted by Gasteiger charge is 2.13. The summed E-state index contributed by atoms with van der Waals surface area (Å²) in [7, 11) is 0. The van der Waals surface area contributed by atoms with Crippen LogP contribution in [0.3, 0.4) is 0 Å². The second-order valence-corrected chi connectivity index (χ2v) is 5.82. The Bertz CT molecular complexity index is 1020. The quantitative estimate of drug-likeness (QED) is 0.903. The summed E-state index contributed by atoms with van der Waals surface area (Å²) in [5.74, 6) is 0.534. The zero-order valence-electron chi connectivity index (χ0n) is 13.1. The number of hydrogen-bond donors (Lipinski definition) is 2. The molecule has 4 heteroatoms. The van der Waals surface area contributed by atoms with Crippen molar-refractivity contribution in [3.8, 4) is 0 Å². The summed E-state index contributed by atoms with van der Waals surface area (Å²) in [6, 6.07) is 8.52. The molecule has 0 heterocycles. The predicted molar refractivity (Wildman–Crippen MR) is 94.5 cm³/mol. The van der Waals surface area contributed by atoms with Crippen LogP contribution in [0.4, 0.5) is 4.79 Å². The van der Waals surface area contributed by atoms with Crippen molar-refractivity contribution in [2.24, 2.45) is 0 Å². The van der Waals surface area contributed by atoms with Gasteiger partial charge in [-0.1, -0.05) is 42.5 Å². The van der Waals surface area contributed by atoms with E-state index in [9.17, 15) is 4.79 Å². The molecule has 4 nitrogen and oxygen atoms in total. The molecule has 0 bridgehead atoms. The molecule has 2 aliphatic carbocycles. The Hall–Kier alpha value is -2.85. The summed E-state index contributed by atoms with van der Waals surface area (Å²) in [6.07, 6.45) is 10.3. The first kappa shape index (κ1) is 14.7. The van der Waals surface area contributed by atoms with Crippen molar-refractivity contribution in [3.05, 3.63) is 63.7 Å². The molecule has 4 rings (SSSR count). The van der Waals surface area contributed by atoms with Crippen LogP contribution in [-0.2, 0) is 11.2 Å². The van der Waals surface area contributed by atoms with Gasteiger partial charge in [0, 0.05) is 6.54 Å². The predicted octanol–water partition coefficient (Wildman–Crippen LogP) is 1.59. The van der Waals surface area contributed by atoms with Gasteiger partial charge in [-0.3, -0.25) is 0 Å². The van der Waals surface area contributed by atoms with Gasteiger partial charge in [-0.15, -0.1) is 0 Å². The first-order chi connectivity index (χ1) is 11.8. The van der Waals surface area contributed by atoms with E-state index in [1.807, 2.05) is 12.2 Å². The lowest BCUT2D eigenvalue weighted by Crippen LogP contribution is -2.27. The van der Waals surface area contributed by atoms with Gasteiger partial charge >= 0.3 is 6.09 Å². The molecule has 2 aromatic carbocycles. The summed E-state index contributed by atoms with van der Waals surface area (Å²) in [4.78, 5) is 11.6. The molecular weight excluding hydrogens is 302 g/mol. The minimum atomic E-state index is -0.547. The third-order valence-corrected chi connectivity index (χ3v) is 4.36. The lowest BCUT2D eigenvalue weighted by Gasteiger charge is -2.14. The highest BCUT2D eigenvalue weighted by Crippen LogP contribution is 2.23. The fourth-order valence-electron chi connectivity index (χ4n) is 3.25. The zero-order chi connectivity index (χ0) is 16.5. The number of benzene rings is 2. The Labute approximate surface area is 139 Å². The van der Waals surface area contributed by atoms with Gasteiger partial charge in [0.25, 0.3) is 0 Å². The lowest BCUT2D eigenvalue weighted by molar-refractivity contribution is 0.176. The molecule has 24 heavy (non-hydrogen) atoms. The summed E-state index contributed by atoms with van der Waals surface area (Å²) < 4.78 is 5.26. The Kier molecular flexibility index (Phi) is 3.67. The van der Waals surface area contributed by atoms with E-state index in [0.29, 0.717) is 5.76 Å². The summed E-state index contributed by atoms with van der Waals surface area (Å²) in [5.41, 5.74) is 2.52. The fourth-order valence-corrected chi connectivity index (χ4v) is 3.25. The average Bonchev–Trinajstić information content (AvgIpc) is 3.08. The molecule has 2 N–H and O–H groups in total. The van der Waals surface area contributed by atoms with Gasteiger partial charge in [0.05, 0.1) is 6.61 Å². The molecule has 2 aromatic rings. The number of amides is 1. The topological polar surface area (TPSA) is 58.6 Å². The van der Waals surface area contributed by atoms with Crippen molar-refractivity contribution in [3.63, 3.8) is 0 Å². The van der Waals surface area contributed by atoms with Crippen molar-refractivity contribution in [2.75, 3.05) is 13.2 Å². The van der Waals surface area contributed by atoms with E-state index in [1.54, 1.807) is 0 Å². The van der Waals surface area contributed by atoms with Crippen LogP contribution < -0.4 is 15.8 Å². The molecule has 0 unspecified atom stereocenters. The number of aliphatic hydroxyl groups is 1. The largest absolute Gasteiger partial charge is 0.412 e. The summed E-state index contributed by atoms with van der Waals surface area (Å²) >= 11 is 0. The molecule has 1 amide bonds. The SMILES string of the molecule is O=C(NCCO)OC1=CCc2c(ccc3c4c(ccc23)=CC=C4)=C1. The number of allylic oxidation sites excluding steroid dienone is 3. The molecular formula is C20H17NO3. The third kappa shape index (κ3) is 2.51. The van der Waals surface area contributed by atoms with E-state index < -0.39 is 6.09 Å². The van der Waals surface area contributed by atoms with Crippen LogP contribution in [0.15, 0.2) is 42.2 Å². The molecule has 0 spiro atoms. The molecule has 2 aliphatic rings. The number of rotatable bonds is 3. The number of nitrogens with one attached hydrogen (secondary N) is 1. The van der Waals surface area contributed by atoms with Crippen LogP contribution in [0, 0.1) is 0 Å². The maximum Gasteiger partial charge on any atom is 0.412 e.